The first-order valence-corrected chi connectivity index (χ1v) is 37.4. The van der Waals surface area contributed by atoms with Gasteiger partial charge in [-0.05, 0) is 32.1 Å². The van der Waals surface area contributed by atoms with E-state index in [0.717, 1.165) is 12.8 Å². The number of hydrogen-bond acceptors (Lipinski definition) is 16. The van der Waals surface area contributed by atoms with E-state index < -0.39 is 0 Å². The van der Waals surface area contributed by atoms with Crippen molar-refractivity contribution in [2.45, 2.75) is 218 Å². The molecule has 15 amide bonds. The Morgan fingerprint density at radius 1 is 0.365 bits per heavy atom. The molecule has 7 heterocycles. The molecule has 31 nitrogen and oxygen atoms in total. The number of urea groups is 1. The van der Waals surface area contributed by atoms with Gasteiger partial charge in [0, 0.05) is 172 Å². The van der Waals surface area contributed by atoms with Crippen molar-refractivity contribution in [3.8, 4) is 0 Å². The van der Waals surface area contributed by atoms with Crippen molar-refractivity contribution in [1.29, 1.82) is 0 Å². The van der Waals surface area contributed by atoms with Crippen LogP contribution in [0.3, 0.4) is 0 Å². The molecule has 0 aromatic rings. The number of nitrogens with zero attached hydrogens (tertiary/aromatic N) is 6. The van der Waals surface area contributed by atoms with Crippen LogP contribution in [0.1, 0.15) is 170 Å². The number of amides is 15. The predicted molar refractivity (Wildman–Crippen MR) is 394 cm³/mol. The summed E-state index contributed by atoms with van der Waals surface area (Å²) >= 11 is 0. The van der Waals surface area contributed by atoms with Crippen LogP contribution in [0.2, 0.25) is 0 Å². The van der Waals surface area contributed by atoms with E-state index in [9.17, 15) is 67.1 Å². The first-order valence-electron chi connectivity index (χ1n) is 37.4. The summed E-state index contributed by atoms with van der Waals surface area (Å²) in [5, 5.41) is 25.6. The first kappa shape index (κ1) is 92.4. The van der Waals surface area contributed by atoms with Gasteiger partial charge in [-0.25, -0.2) is 4.79 Å². The van der Waals surface area contributed by atoms with Crippen LogP contribution >= 0.6 is 0 Å². The van der Waals surface area contributed by atoms with E-state index in [4.69, 9.17) is 9.47 Å². The highest BCUT2D eigenvalue weighted by molar-refractivity contribution is 5.85. The number of rotatable bonds is 20. The van der Waals surface area contributed by atoms with Gasteiger partial charge < -0.3 is 86.7 Å². The maximum atomic E-state index is 11.6. The third-order valence-electron chi connectivity index (χ3n) is 17.8. The Balaban J connectivity index is 0.000000405. The number of ether oxygens (including phenoxy) is 2. The third kappa shape index (κ3) is 34.5. The molecule has 0 unspecified atom stereocenters. The summed E-state index contributed by atoms with van der Waals surface area (Å²) < 4.78 is 9.64. The van der Waals surface area contributed by atoms with Crippen molar-refractivity contribution in [2.75, 3.05) is 113 Å². The second-order valence-corrected chi connectivity index (χ2v) is 30.6. The summed E-state index contributed by atoms with van der Waals surface area (Å²) in [6.45, 7) is 44.1. The average Bonchev–Trinajstić information content (AvgIpc) is 1.61. The second-order valence-electron chi connectivity index (χ2n) is 30.6. The quantitative estimate of drug-likeness (QED) is 0.0836. The molecular formula is C73H131N15O16. The van der Waals surface area contributed by atoms with Crippen LogP contribution in [0.15, 0.2) is 0 Å². The molecule has 9 N–H and O–H groups in total. The van der Waals surface area contributed by atoms with E-state index in [2.05, 4.69) is 47.9 Å². The van der Waals surface area contributed by atoms with Gasteiger partial charge in [-0.2, -0.15) is 0 Å². The number of methoxy groups -OCH3 is 1. The molecule has 594 valence electrons. The van der Waals surface area contributed by atoms with Crippen molar-refractivity contribution >= 4 is 82.8 Å². The number of hydrogen-bond donors (Lipinski definition) is 9. The molecule has 0 aromatic carbocycles. The Kier molecular flexibility index (Phi) is 41.1. The van der Waals surface area contributed by atoms with E-state index in [1.54, 1.807) is 38.5 Å². The summed E-state index contributed by atoms with van der Waals surface area (Å²) in [5.41, 5.74) is 0. The number of nitrogens with one attached hydrogen (secondary N) is 9. The summed E-state index contributed by atoms with van der Waals surface area (Å²) in [7, 11) is 3.10. The zero-order chi connectivity index (χ0) is 79.0. The van der Waals surface area contributed by atoms with Gasteiger partial charge in [-0.1, -0.05) is 118 Å². The minimum absolute atomic E-state index is 0.00375. The fourth-order valence-corrected chi connectivity index (χ4v) is 9.89. The molecule has 0 aromatic heterocycles. The van der Waals surface area contributed by atoms with E-state index in [-0.39, 0.29) is 179 Å². The molecule has 0 bridgehead atoms. The molecule has 31 heteroatoms. The van der Waals surface area contributed by atoms with Crippen molar-refractivity contribution in [3.05, 3.63) is 0 Å². The fourth-order valence-electron chi connectivity index (χ4n) is 9.89. The SMILES string of the molecule is CC(=O)N1CC(NC(=O)C(C)C)C1.CC(=O)NC1CN(C(=O)C(C)C)C1.CC(C)C(=O)NC1CCC1.CC(C)C(=O)NC1CN(C(=O)C2CC2)C1.CC(C)C(=O)NC1COC1.CCC(=O)N1CC(NC(=O)C(C)C)C1.CNC(=O)N1CC(NC(=O)C(C)C)C1.COCC(=O)N1CC(NC(=O)C(C)C)C1. The molecule has 0 spiro atoms. The van der Waals surface area contributed by atoms with E-state index >= 15 is 0 Å². The zero-order valence-electron chi connectivity index (χ0n) is 66.4. The molecule has 2 saturated carbocycles. The van der Waals surface area contributed by atoms with Crippen LogP contribution < -0.4 is 47.9 Å². The van der Waals surface area contributed by atoms with E-state index in [0.29, 0.717) is 110 Å². The normalized spacial score (nSPS) is 17.8. The van der Waals surface area contributed by atoms with Gasteiger partial charge in [0.25, 0.3) is 0 Å². The molecule has 7 saturated heterocycles. The Hall–Kier alpha value is -7.70. The van der Waals surface area contributed by atoms with Crippen LogP contribution in [0.4, 0.5) is 4.79 Å². The lowest BCUT2D eigenvalue weighted by Crippen LogP contribution is -2.62. The van der Waals surface area contributed by atoms with Crippen LogP contribution in [-0.2, 0) is 71.8 Å². The van der Waals surface area contributed by atoms with Gasteiger partial charge in [0.15, 0.2) is 0 Å². The van der Waals surface area contributed by atoms with Crippen LogP contribution in [0.5, 0.6) is 0 Å². The lowest BCUT2D eigenvalue weighted by molar-refractivity contribution is -0.142. The summed E-state index contributed by atoms with van der Waals surface area (Å²) in [6, 6.07) is 1.61. The summed E-state index contributed by atoms with van der Waals surface area (Å²) in [6.07, 6.45) is 6.29. The molecule has 104 heavy (non-hydrogen) atoms. The highest BCUT2D eigenvalue weighted by atomic mass is 16.5. The van der Waals surface area contributed by atoms with Gasteiger partial charge in [-0.3, -0.25) is 62.3 Å². The second kappa shape index (κ2) is 46.3. The van der Waals surface area contributed by atoms with Gasteiger partial charge >= 0.3 is 6.03 Å². The molecule has 9 rings (SSSR count). The van der Waals surface area contributed by atoms with Gasteiger partial charge in [-0.15, -0.1) is 0 Å². The molecular weight excluding hydrogens is 1340 g/mol. The third-order valence-corrected chi connectivity index (χ3v) is 17.8. The summed E-state index contributed by atoms with van der Waals surface area (Å²) in [5.74, 6) is 1.91. The Bertz CT molecular complexity index is 2700. The van der Waals surface area contributed by atoms with Crippen LogP contribution in [0.25, 0.3) is 0 Å². The van der Waals surface area contributed by atoms with Crippen molar-refractivity contribution < 1.29 is 76.6 Å². The minimum atomic E-state index is -0.0833. The average molecular weight is 1470 g/mol. The Morgan fingerprint density at radius 3 is 0.923 bits per heavy atom. The summed E-state index contributed by atoms with van der Waals surface area (Å²) in [4.78, 5) is 167. The topological polar surface area (TPSA) is 385 Å². The highest BCUT2D eigenvalue weighted by Gasteiger charge is 2.40. The monoisotopic (exact) mass is 1470 g/mol. The van der Waals surface area contributed by atoms with Crippen molar-refractivity contribution in [2.24, 2.45) is 53.3 Å². The van der Waals surface area contributed by atoms with Crippen LogP contribution in [0, 0.1) is 53.3 Å². The molecule has 9 aliphatic rings. The highest BCUT2D eigenvalue weighted by Crippen LogP contribution is 2.32. The number of likely N-dealkylation sites (tertiary alicyclic amines) is 6. The smallest absolute Gasteiger partial charge is 0.317 e. The number of carbonyl (C=O) groups excluding carboxylic acids is 14. The van der Waals surface area contributed by atoms with Crippen molar-refractivity contribution in [3.63, 3.8) is 0 Å². The number of carbonyl (C=O) groups is 14. The van der Waals surface area contributed by atoms with Gasteiger partial charge in [0.1, 0.15) is 6.61 Å². The molecule has 9 fully saturated rings. The molecule has 2 aliphatic carbocycles. The lowest BCUT2D eigenvalue weighted by atomic mass is 9.93. The lowest BCUT2D eigenvalue weighted by Gasteiger charge is -2.40. The minimum Gasteiger partial charge on any atom is -0.377 e. The maximum absolute atomic E-state index is 11.6. The fraction of sp³-hybridized carbons (Fsp3) is 0.808. The first-order chi connectivity index (χ1) is 48.6. The standard InChI is InChI=1S/C11H18N2O2.C10H18N2O3.C10H18N2O2.C9H17N3O2.2C9H16N2O2.C8H15NO.C7H13NO2/c1-7(2)10(14)12-9-5-13(6-9)11(15)8-3-4-8;1-7(2)10(14)11-8-4-12(5-8)9(13)6-15-3;1-4-9(13)12-5-8(6-12)11-10(14)7(2)3;1-6(2)8(13)11-7-4-12(5-7)9(14)10-3;1-6(2)9(13)10-8-4-11(5-8)7(3)12;1-6(2)9(13)11-4-8(5-11)10-7(3)12;1-6(2)8(10)9-7-4-3-5-7;1-5(2)7(9)8-6-3-10-4-6/h7-9H,3-6H2,1-2H3,(H,12,14);7-8H,4-6H2,1-3H3,(H,11,14);7-8H,4-6H2,1-3H3,(H,11,14);6-7H,4-5H2,1-3H3,(H,10,14)(H,11,13);6,8H,4-5H2,1-3H3,(H,10,13);6,8H,4-5H2,1-3H3,(H,10,12);6-7H,3-5H2,1-2H3,(H,9,10);5-6H,3-4H2,1-2H3,(H,8,9). The zero-order valence-corrected chi connectivity index (χ0v) is 66.4. The van der Waals surface area contributed by atoms with Gasteiger partial charge in [0.05, 0.1) is 55.5 Å². The maximum Gasteiger partial charge on any atom is 0.317 e. The van der Waals surface area contributed by atoms with Crippen molar-refractivity contribution in [1.82, 2.24) is 77.3 Å². The Morgan fingerprint density at radius 2 is 0.663 bits per heavy atom. The van der Waals surface area contributed by atoms with Crippen LogP contribution in [-0.4, -0.2) is 273 Å². The van der Waals surface area contributed by atoms with E-state index in [1.165, 1.54) is 33.3 Å². The molecule has 7 aliphatic heterocycles. The Labute approximate surface area is 618 Å². The molecule has 0 radical (unpaired) electrons. The molecule has 0 atom stereocenters. The largest absolute Gasteiger partial charge is 0.377 e. The predicted octanol–water partition coefficient (Wildman–Crippen LogP) is 1.60. The van der Waals surface area contributed by atoms with Gasteiger partial charge in [0.2, 0.25) is 76.8 Å². The van der Waals surface area contributed by atoms with E-state index in [1.807, 2.05) is 123 Å².